The van der Waals surface area contributed by atoms with Gasteiger partial charge in [0.15, 0.2) is 0 Å². The fraction of sp³-hybridized carbons (Fsp3) is 0.267. The molecule has 0 atom stereocenters. The molecular weight excluding hydrogens is 284 g/mol. The van der Waals surface area contributed by atoms with E-state index in [1.165, 1.54) is 6.07 Å². The highest BCUT2D eigenvalue weighted by molar-refractivity contribution is 5.93. The molecule has 0 aliphatic carbocycles. The SMILES string of the molecule is Cc1ccc(NCC(=O)NNC(=O)c2cc(C)no2)c(C)c1. The Morgan fingerprint density at radius 1 is 1.14 bits per heavy atom. The molecule has 1 heterocycles. The summed E-state index contributed by atoms with van der Waals surface area (Å²) in [6.07, 6.45) is 0. The van der Waals surface area contributed by atoms with Crippen LogP contribution in [-0.4, -0.2) is 23.5 Å². The number of carbonyl (C=O) groups excluding carboxylic acids is 2. The number of hydrogen-bond acceptors (Lipinski definition) is 5. The van der Waals surface area contributed by atoms with Gasteiger partial charge in [-0.25, -0.2) is 0 Å². The quantitative estimate of drug-likeness (QED) is 0.743. The number of amides is 2. The van der Waals surface area contributed by atoms with Gasteiger partial charge >= 0.3 is 5.91 Å². The summed E-state index contributed by atoms with van der Waals surface area (Å²) >= 11 is 0. The van der Waals surface area contributed by atoms with Crippen LogP contribution in [-0.2, 0) is 4.79 Å². The summed E-state index contributed by atoms with van der Waals surface area (Å²) in [6, 6.07) is 7.37. The van der Waals surface area contributed by atoms with Gasteiger partial charge in [-0.05, 0) is 32.4 Å². The molecule has 0 aliphatic rings. The van der Waals surface area contributed by atoms with Crippen LogP contribution in [0.3, 0.4) is 0 Å². The third kappa shape index (κ3) is 4.08. The topological polar surface area (TPSA) is 96.3 Å². The molecule has 2 amide bonds. The zero-order chi connectivity index (χ0) is 16.1. The Balaban J connectivity index is 1.79. The number of aryl methyl sites for hydroxylation is 3. The molecule has 7 heteroatoms. The van der Waals surface area contributed by atoms with Crippen LogP contribution in [0, 0.1) is 20.8 Å². The van der Waals surface area contributed by atoms with E-state index >= 15 is 0 Å². The molecule has 1 aromatic heterocycles. The standard InChI is InChI=1S/C15H18N4O3/c1-9-4-5-12(10(2)6-9)16-8-14(20)17-18-15(21)13-7-11(3)19-22-13/h4-7,16H,8H2,1-3H3,(H,17,20)(H,18,21). The van der Waals surface area contributed by atoms with E-state index in [0.717, 1.165) is 16.8 Å². The molecule has 0 bridgehead atoms. The first-order valence-corrected chi connectivity index (χ1v) is 6.79. The van der Waals surface area contributed by atoms with Crippen LogP contribution in [0.15, 0.2) is 28.8 Å². The molecule has 1 aromatic carbocycles. The van der Waals surface area contributed by atoms with E-state index in [4.69, 9.17) is 4.52 Å². The molecule has 2 aromatic rings. The minimum absolute atomic E-state index is 0.0413. The number of anilines is 1. The van der Waals surface area contributed by atoms with Crippen molar-refractivity contribution in [1.82, 2.24) is 16.0 Å². The number of nitrogens with one attached hydrogen (secondary N) is 3. The predicted octanol–water partition coefficient (Wildman–Crippen LogP) is 1.47. The third-order valence-electron chi connectivity index (χ3n) is 2.99. The second kappa shape index (κ2) is 6.75. The molecule has 2 rings (SSSR count). The van der Waals surface area contributed by atoms with Gasteiger partial charge in [-0.15, -0.1) is 0 Å². The van der Waals surface area contributed by atoms with Crippen molar-refractivity contribution in [1.29, 1.82) is 0 Å². The summed E-state index contributed by atoms with van der Waals surface area (Å²) in [4.78, 5) is 23.3. The van der Waals surface area contributed by atoms with Gasteiger partial charge in [0.05, 0.1) is 12.2 Å². The molecule has 0 saturated heterocycles. The lowest BCUT2D eigenvalue weighted by Gasteiger charge is -2.10. The summed E-state index contributed by atoms with van der Waals surface area (Å²) in [5.41, 5.74) is 8.23. The molecule has 116 valence electrons. The largest absolute Gasteiger partial charge is 0.376 e. The second-order valence-corrected chi connectivity index (χ2v) is 5.01. The number of aromatic nitrogens is 1. The molecule has 0 fully saturated rings. The van der Waals surface area contributed by atoms with Crippen molar-refractivity contribution in [2.45, 2.75) is 20.8 Å². The van der Waals surface area contributed by atoms with Crippen LogP contribution in [0.25, 0.3) is 0 Å². The van der Waals surface area contributed by atoms with Crippen molar-refractivity contribution in [2.75, 3.05) is 11.9 Å². The maximum atomic E-state index is 11.7. The Kier molecular flexibility index (Phi) is 4.77. The number of hydrazine groups is 1. The average molecular weight is 302 g/mol. The summed E-state index contributed by atoms with van der Waals surface area (Å²) < 4.78 is 4.79. The second-order valence-electron chi connectivity index (χ2n) is 5.01. The van der Waals surface area contributed by atoms with Gasteiger partial charge in [-0.3, -0.25) is 20.4 Å². The highest BCUT2D eigenvalue weighted by atomic mass is 16.5. The van der Waals surface area contributed by atoms with Gasteiger partial charge in [0, 0.05) is 11.8 Å². The first kappa shape index (κ1) is 15.6. The fourth-order valence-corrected chi connectivity index (χ4v) is 1.89. The highest BCUT2D eigenvalue weighted by Gasteiger charge is 2.12. The van der Waals surface area contributed by atoms with Crippen LogP contribution < -0.4 is 16.2 Å². The van der Waals surface area contributed by atoms with Crippen molar-refractivity contribution in [2.24, 2.45) is 0 Å². The Bertz CT molecular complexity index is 694. The van der Waals surface area contributed by atoms with Crippen molar-refractivity contribution in [3.63, 3.8) is 0 Å². The number of rotatable bonds is 4. The Morgan fingerprint density at radius 2 is 1.91 bits per heavy atom. The van der Waals surface area contributed by atoms with E-state index in [9.17, 15) is 9.59 Å². The van der Waals surface area contributed by atoms with Crippen molar-refractivity contribution >= 4 is 17.5 Å². The Hall–Kier alpha value is -2.83. The van der Waals surface area contributed by atoms with Crippen LogP contribution in [0.4, 0.5) is 5.69 Å². The monoisotopic (exact) mass is 302 g/mol. The minimum Gasteiger partial charge on any atom is -0.376 e. The molecule has 0 unspecified atom stereocenters. The van der Waals surface area contributed by atoms with Gasteiger partial charge in [-0.1, -0.05) is 22.9 Å². The smallest absolute Gasteiger partial charge is 0.308 e. The molecule has 0 saturated carbocycles. The fourth-order valence-electron chi connectivity index (χ4n) is 1.89. The van der Waals surface area contributed by atoms with E-state index in [0.29, 0.717) is 5.69 Å². The number of carbonyl (C=O) groups is 2. The van der Waals surface area contributed by atoms with Gasteiger partial charge in [0.25, 0.3) is 5.91 Å². The summed E-state index contributed by atoms with van der Waals surface area (Å²) in [5.74, 6) is -0.884. The van der Waals surface area contributed by atoms with E-state index in [1.807, 2.05) is 32.0 Å². The van der Waals surface area contributed by atoms with Crippen molar-refractivity contribution in [3.8, 4) is 0 Å². The normalized spacial score (nSPS) is 10.1. The molecule has 0 spiro atoms. The Morgan fingerprint density at radius 3 is 2.55 bits per heavy atom. The van der Waals surface area contributed by atoms with Gasteiger partial charge in [0.1, 0.15) is 0 Å². The maximum absolute atomic E-state index is 11.7. The first-order valence-electron chi connectivity index (χ1n) is 6.79. The third-order valence-corrected chi connectivity index (χ3v) is 2.99. The lowest BCUT2D eigenvalue weighted by molar-refractivity contribution is -0.120. The first-order chi connectivity index (χ1) is 10.5. The van der Waals surface area contributed by atoms with Gasteiger partial charge in [-0.2, -0.15) is 0 Å². The molecule has 7 nitrogen and oxygen atoms in total. The van der Waals surface area contributed by atoms with Crippen molar-refractivity contribution < 1.29 is 14.1 Å². The zero-order valence-corrected chi connectivity index (χ0v) is 12.7. The van der Waals surface area contributed by atoms with Gasteiger partial charge < -0.3 is 9.84 Å². The molecule has 3 N–H and O–H groups in total. The van der Waals surface area contributed by atoms with Crippen LogP contribution in [0.1, 0.15) is 27.4 Å². The maximum Gasteiger partial charge on any atom is 0.308 e. The highest BCUT2D eigenvalue weighted by Crippen LogP contribution is 2.15. The minimum atomic E-state index is -0.555. The summed E-state index contributed by atoms with van der Waals surface area (Å²) in [5, 5.41) is 6.61. The van der Waals surface area contributed by atoms with E-state index in [1.54, 1.807) is 6.92 Å². The molecule has 22 heavy (non-hydrogen) atoms. The number of nitrogens with zero attached hydrogens (tertiary/aromatic N) is 1. The van der Waals surface area contributed by atoms with E-state index in [2.05, 4.69) is 21.3 Å². The van der Waals surface area contributed by atoms with E-state index in [-0.39, 0.29) is 18.2 Å². The lowest BCUT2D eigenvalue weighted by Crippen LogP contribution is -2.44. The summed E-state index contributed by atoms with van der Waals surface area (Å²) in [6.45, 7) is 5.71. The molecule has 0 radical (unpaired) electrons. The van der Waals surface area contributed by atoms with E-state index < -0.39 is 5.91 Å². The predicted molar refractivity (Wildman–Crippen MR) is 81.3 cm³/mol. The molecular formula is C15H18N4O3. The zero-order valence-electron chi connectivity index (χ0n) is 12.7. The van der Waals surface area contributed by atoms with Crippen LogP contribution in [0.5, 0.6) is 0 Å². The Labute approximate surface area is 128 Å². The van der Waals surface area contributed by atoms with Gasteiger partial charge in [0.2, 0.25) is 5.76 Å². The number of benzene rings is 1. The van der Waals surface area contributed by atoms with Crippen molar-refractivity contribution in [3.05, 3.63) is 46.8 Å². The number of hydrogen-bond donors (Lipinski definition) is 3. The van der Waals surface area contributed by atoms with Crippen LogP contribution in [0.2, 0.25) is 0 Å². The van der Waals surface area contributed by atoms with Crippen LogP contribution >= 0.6 is 0 Å². The average Bonchev–Trinajstić information content (AvgIpc) is 2.90. The molecule has 0 aliphatic heterocycles. The summed E-state index contributed by atoms with van der Waals surface area (Å²) in [7, 11) is 0. The lowest BCUT2D eigenvalue weighted by atomic mass is 10.1.